The third kappa shape index (κ3) is 8.28. The summed E-state index contributed by atoms with van der Waals surface area (Å²) >= 11 is 12.3. The molecule has 3 rings (SSSR count). The molecule has 5 nitrogen and oxygen atoms in total. The van der Waals surface area contributed by atoms with Gasteiger partial charge in [0, 0.05) is 29.6 Å². The Kier molecular flexibility index (Phi) is 10.2. The molecular formula is C29H32Cl2N2O3. The maximum Gasteiger partial charge on any atom is 0.261 e. The van der Waals surface area contributed by atoms with Gasteiger partial charge in [-0.1, -0.05) is 79.5 Å². The molecule has 36 heavy (non-hydrogen) atoms. The van der Waals surface area contributed by atoms with Crippen molar-refractivity contribution in [2.24, 2.45) is 5.92 Å². The van der Waals surface area contributed by atoms with E-state index in [0.717, 1.165) is 16.7 Å². The van der Waals surface area contributed by atoms with Crippen LogP contribution in [0.1, 0.15) is 30.5 Å². The molecular weight excluding hydrogens is 495 g/mol. The lowest BCUT2D eigenvalue weighted by Gasteiger charge is -2.31. The molecule has 0 bridgehead atoms. The summed E-state index contributed by atoms with van der Waals surface area (Å²) in [5, 5.41) is 4.20. The molecule has 3 aromatic rings. The van der Waals surface area contributed by atoms with Crippen molar-refractivity contribution in [1.82, 2.24) is 10.2 Å². The molecule has 0 radical (unpaired) electrons. The monoisotopic (exact) mass is 526 g/mol. The lowest BCUT2D eigenvalue weighted by Crippen LogP contribution is -2.52. The number of amides is 2. The average molecular weight is 527 g/mol. The molecule has 3 aromatic carbocycles. The van der Waals surface area contributed by atoms with E-state index < -0.39 is 6.04 Å². The molecule has 0 aliphatic carbocycles. The second kappa shape index (κ2) is 13.3. The van der Waals surface area contributed by atoms with Crippen molar-refractivity contribution in [3.63, 3.8) is 0 Å². The number of nitrogens with one attached hydrogen (secondary N) is 1. The van der Waals surface area contributed by atoms with Crippen LogP contribution in [0.5, 0.6) is 5.75 Å². The highest BCUT2D eigenvalue weighted by Crippen LogP contribution is 2.22. The van der Waals surface area contributed by atoms with Gasteiger partial charge in [0.05, 0.1) is 0 Å². The Labute approximate surface area is 223 Å². The third-order valence-corrected chi connectivity index (χ3v) is 6.35. The number of nitrogens with zero attached hydrogens (tertiary/aromatic N) is 1. The predicted octanol–water partition coefficient (Wildman–Crippen LogP) is 6.09. The van der Waals surface area contributed by atoms with Crippen LogP contribution in [0.4, 0.5) is 0 Å². The zero-order chi connectivity index (χ0) is 26.1. The van der Waals surface area contributed by atoms with Gasteiger partial charge in [0.25, 0.3) is 5.91 Å². The molecule has 1 N–H and O–H groups in total. The molecule has 0 saturated carbocycles. The van der Waals surface area contributed by atoms with E-state index in [1.54, 1.807) is 35.2 Å². The summed E-state index contributed by atoms with van der Waals surface area (Å²) in [5.74, 6) is 0.310. The van der Waals surface area contributed by atoms with Crippen molar-refractivity contribution >= 4 is 35.0 Å². The SMILES string of the molecule is Cc1cc(OCC(=O)N(Cc2cccc(Cl)c2)C(Cc2ccccc2)C(=O)NCC(C)C)ccc1Cl. The molecule has 0 fully saturated rings. The number of rotatable bonds is 11. The number of aryl methyl sites for hydroxylation is 1. The van der Waals surface area contributed by atoms with Crippen LogP contribution in [-0.2, 0) is 22.6 Å². The minimum absolute atomic E-state index is 0.203. The minimum atomic E-state index is -0.729. The van der Waals surface area contributed by atoms with Gasteiger partial charge in [-0.15, -0.1) is 0 Å². The van der Waals surface area contributed by atoms with Crippen molar-refractivity contribution in [1.29, 1.82) is 0 Å². The van der Waals surface area contributed by atoms with Crippen LogP contribution in [0.25, 0.3) is 0 Å². The van der Waals surface area contributed by atoms with E-state index in [-0.39, 0.29) is 30.9 Å². The number of hydrogen-bond donors (Lipinski definition) is 1. The first kappa shape index (κ1) is 27.6. The van der Waals surface area contributed by atoms with Crippen molar-refractivity contribution in [2.75, 3.05) is 13.2 Å². The van der Waals surface area contributed by atoms with Gasteiger partial charge in [-0.2, -0.15) is 0 Å². The van der Waals surface area contributed by atoms with Crippen LogP contribution in [0.2, 0.25) is 10.0 Å². The summed E-state index contributed by atoms with van der Waals surface area (Å²) in [7, 11) is 0. The first-order valence-corrected chi connectivity index (χ1v) is 12.7. The first-order chi connectivity index (χ1) is 17.2. The van der Waals surface area contributed by atoms with Crippen LogP contribution in [0.3, 0.4) is 0 Å². The Hall–Kier alpha value is -3.02. The van der Waals surface area contributed by atoms with Gasteiger partial charge in [0.1, 0.15) is 11.8 Å². The maximum absolute atomic E-state index is 13.6. The molecule has 0 aliphatic rings. The average Bonchev–Trinajstić information content (AvgIpc) is 2.86. The standard InChI is InChI=1S/C29H32Cl2N2O3/c1-20(2)17-32-29(35)27(16-22-8-5-4-6-9-22)33(18-23-10-7-11-24(30)15-23)28(34)19-36-25-12-13-26(31)21(3)14-25/h4-15,20,27H,16-19H2,1-3H3,(H,32,35). The zero-order valence-corrected chi connectivity index (χ0v) is 22.4. The Bertz CT molecular complexity index is 1170. The summed E-state index contributed by atoms with van der Waals surface area (Å²) < 4.78 is 5.82. The Morgan fingerprint density at radius 1 is 0.944 bits per heavy atom. The lowest BCUT2D eigenvalue weighted by molar-refractivity contribution is -0.142. The highest BCUT2D eigenvalue weighted by molar-refractivity contribution is 6.31. The molecule has 0 aliphatic heterocycles. The number of halogens is 2. The second-order valence-corrected chi connectivity index (χ2v) is 10.0. The van der Waals surface area contributed by atoms with E-state index in [0.29, 0.717) is 28.8 Å². The normalized spacial score (nSPS) is 11.7. The van der Waals surface area contributed by atoms with Gasteiger partial charge in [-0.3, -0.25) is 9.59 Å². The van der Waals surface area contributed by atoms with Crippen molar-refractivity contribution < 1.29 is 14.3 Å². The summed E-state index contributed by atoms with van der Waals surface area (Å²) in [5.41, 5.74) is 2.64. The molecule has 0 saturated heterocycles. The highest BCUT2D eigenvalue weighted by atomic mass is 35.5. The number of benzene rings is 3. The number of ether oxygens (including phenoxy) is 1. The van der Waals surface area contributed by atoms with E-state index >= 15 is 0 Å². The van der Waals surface area contributed by atoms with Crippen molar-refractivity contribution in [3.05, 3.63) is 99.5 Å². The molecule has 2 amide bonds. The van der Waals surface area contributed by atoms with E-state index in [1.807, 2.05) is 63.2 Å². The maximum atomic E-state index is 13.6. The predicted molar refractivity (Wildman–Crippen MR) is 145 cm³/mol. The van der Waals surface area contributed by atoms with Gasteiger partial charge in [0.2, 0.25) is 5.91 Å². The van der Waals surface area contributed by atoms with Crippen LogP contribution in [0, 0.1) is 12.8 Å². The van der Waals surface area contributed by atoms with Crippen molar-refractivity contribution in [2.45, 2.75) is 39.8 Å². The summed E-state index contributed by atoms with van der Waals surface area (Å²) in [6.07, 6.45) is 0.372. The van der Waals surface area contributed by atoms with Crippen LogP contribution in [0.15, 0.2) is 72.8 Å². The highest BCUT2D eigenvalue weighted by Gasteiger charge is 2.30. The summed E-state index contributed by atoms with van der Waals surface area (Å²) in [6, 6.07) is 21.5. The molecule has 0 heterocycles. The smallest absolute Gasteiger partial charge is 0.261 e. The van der Waals surface area contributed by atoms with E-state index in [2.05, 4.69) is 5.32 Å². The molecule has 0 spiro atoms. The molecule has 7 heteroatoms. The quantitative estimate of drug-likeness (QED) is 0.328. The number of hydrogen-bond acceptors (Lipinski definition) is 3. The molecule has 190 valence electrons. The Balaban J connectivity index is 1.90. The van der Waals surface area contributed by atoms with Gasteiger partial charge in [-0.25, -0.2) is 0 Å². The topological polar surface area (TPSA) is 58.6 Å². The molecule has 1 atom stereocenters. The van der Waals surface area contributed by atoms with Crippen molar-refractivity contribution in [3.8, 4) is 5.75 Å². The van der Waals surface area contributed by atoms with Crippen LogP contribution in [-0.4, -0.2) is 35.9 Å². The fourth-order valence-electron chi connectivity index (χ4n) is 3.74. The number of carbonyl (C=O) groups is 2. The zero-order valence-electron chi connectivity index (χ0n) is 20.8. The van der Waals surface area contributed by atoms with Gasteiger partial charge < -0.3 is 15.0 Å². The molecule has 0 aromatic heterocycles. The van der Waals surface area contributed by atoms with Crippen LogP contribution >= 0.6 is 23.2 Å². The number of carbonyl (C=O) groups excluding carboxylic acids is 2. The van der Waals surface area contributed by atoms with Crippen LogP contribution < -0.4 is 10.1 Å². The second-order valence-electron chi connectivity index (χ2n) is 9.20. The van der Waals surface area contributed by atoms with E-state index in [9.17, 15) is 9.59 Å². The third-order valence-electron chi connectivity index (χ3n) is 5.69. The lowest BCUT2D eigenvalue weighted by atomic mass is 10.0. The fraction of sp³-hybridized carbons (Fsp3) is 0.310. The van der Waals surface area contributed by atoms with Gasteiger partial charge >= 0.3 is 0 Å². The Morgan fingerprint density at radius 2 is 1.67 bits per heavy atom. The Morgan fingerprint density at radius 3 is 2.33 bits per heavy atom. The largest absolute Gasteiger partial charge is 0.484 e. The van der Waals surface area contributed by atoms with E-state index in [4.69, 9.17) is 27.9 Å². The molecule has 1 unspecified atom stereocenters. The first-order valence-electron chi connectivity index (χ1n) is 12.0. The minimum Gasteiger partial charge on any atom is -0.484 e. The fourth-order valence-corrected chi connectivity index (χ4v) is 4.07. The van der Waals surface area contributed by atoms with Gasteiger partial charge in [-0.05, 0) is 59.9 Å². The van der Waals surface area contributed by atoms with Gasteiger partial charge in [0.15, 0.2) is 6.61 Å². The van der Waals surface area contributed by atoms with E-state index in [1.165, 1.54) is 0 Å². The summed E-state index contributed by atoms with van der Waals surface area (Å²) in [6.45, 7) is 6.45. The summed E-state index contributed by atoms with van der Waals surface area (Å²) in [4.78, 5) is 28.6.